The topological polar surface area (TPSA) is 74.3 Å². The Bertz CT molecular complexity index is 563. The lowest BCUT2D eigenvalue weighted by molar-refractivity contribution is -0.126. The van der Waals surface area contributed by atoms with Gasteiger partial charge in [0.25, 0.3) is 5.91 Å². The van der Waals surface area contributed by atoms with Crippen LogP contribution in [0.25, 0.3) is 0 Å². The maximum Gasteiger partial charge on any atom is 0.322 e. The first-order chi connectivity index (χ1) is 10.6. The van der Waals surface area contributed by atoms with E-state index >= 15 is 0 Å². The number of piperidine rings is 1. The van der Waals surface area contributed by atoms with Gasteiger partial charge >= 0.3 is 6.03 Å². The Morgan fingerprint density at radius 3 is 2.82 bits per heavy atom. The quantitative estimate of drug-likeness (QED) is 0.812. The van der Waals surface area contributed by atoms with E-state index in [2.05, 4.69) is 20.5 Å². The van der Waals surface area contributed by atoms with Crippen molar-refractivity contribution in [3.63, 3.8) is 0 Å². The minimum atomic E-state index is -0.771. The Morgan fingerprint density at radius 1 is 1.36 bits per heavy atom. The molecule has 6 nitrogen and oxygen atoms in total. The van der Waals surface area contributed by atoms with Crippen LogP contribution in [0.3, 0.4) is 0 Å². The lowest BCUT2D eigenvalue weighted by Gasteiger charge is -2.39. The molecule has 22 heavy (non-hydrogen) atoms. The zero-order chi connectivity index (χ0) is 15.6. The van der Waals surface area contributed by atoms with Crippen molar-refractivity contribution in [2.45, 2.75) is 31.7 Å². The summed E-state index contributed by atoms with van der Waals surface area (Å²) in [5, 5.41) is 5.17. The molecule has 0 spiro atoms. The highest BCUT2D eigenvalue weighted by Crippen LogP contribution is 2.29. The third kappa shape index (κ3) is 2.97. The fraction of sp³-hybridized carbons (Fsp3) is 0.562. The summed E-state index contributed by atoms with van der Waals surface area (Å²) in [6, 6.07) is 3.70. The highest BCUT2D eigenvalue weighted by atomic mass is 16.2. The van der Waals surface area contributed by atoms with Gasteiger partial charge in [-0.05, 0) is 50.4 Å². The van der Waals surface area contributed by atoms with Crippen LogP contribution >= 0.6 is 0 Å². The Hall–Kier alpha value is -1.95. The number of likely N-dealkylation sites (tertiary alicyclic amines) is 1. The fourth-order valence-corrected chi connectivity index (χ4v) is 3.41. The van der Waals surface area contributed by atoms with E-state index in [-0.39, 0.29) is 17.9 Å². The average molecular weight is 302 g/mol. The highest BCUT2D eigenvalue weighted by molar-refractivity contribution is 6.06. The molecule has 0 aromatic carbocycles. The summed E-state index contributed by atoms with van der Waals surface area (Å²) >= 11 is 0. The number of carbonyl (C=O) groups excluding carboxylic acids is 2. The van der Waals surface area contributed by atoms with Crippen molar-refractivity contribution in [3.8, 4) is 0 Å². The molecule has 0 unspecified atom stereocenters. The molecule has 0 bridgehead atoms. The van der Waals surface area contributed by atoms with Crippen LogP contribution in [0.5, 0.6) is 0 Å². The molecule has 2 saturated heterocycles. The van der Waals surface area contributed by atoms with Crippen LogP contribution in [0.1, 0.15) is 25.3 Å². The minimum Gasteiger partial charge on any atom is -0.323 e. The summed E-state index contributed by atoms with van der Waals surface area (Å²) in [4.78, 5) is 29.9. The molecule has 2 N–H and O–H groups in total. The molecule has 6 heteroatoms. The first kappa shape index (κ1) is 15.0. The van der Waals surface area contributed by atoms with E-state index in [1.54, 1.807) is 0 Å². The number of nitrogens with one attached hydrogen (secondary N) is 2. The first-order valence-corrected chi connectivity index (χ1v) is 7.83. The van der Waals surface area contributed by atoms with Gasteiger partial charge in [-0.2, -0.15) is 0 Å². The number of urea groups is 1. The Kier molecular flexibility index (Phi) is 4.11. The molecule has 2 aliphatic heterocycles. The molecule has 1 aromatic heterocycles. The van der Waals surface area contributed by atoms with Gasteiger partial charge in [0.1, 0.15) is 5.54 Å². The maximum atomic E-state index is 12.1. The zero-order valence-electron chi connectivity index (χ0n) is 12.8. The number of hydrogen-bond donors (Lipinski definition) is 2. The van der Waals surface area contributed by atoms with Gasteiger partial charge in [0.05, 0.1) is 0 Å². The second-order valence-electron chi connectivity index (χ2n) is 6.36. The van der Waals surface area contributed by atoms with Crippen LogP contribution in [-0.4, -0.2) is 47.0 Å². The average Bonchev–Trinajstić information content (AvgIpc) is 2.80. The molecule has 3 heterocycles. The van der Waals surface area contributed by atoms with E-state index in [0.717, 1.165) is 38.9 Å². The van der Waals surface area contributed by atoms with Crippen molar-refractivity contribution >= 4 is 11.9 Å². The summed E-state index contributed by atoms with van der Waals surface area (Å²) in [6.45, 7) is 4.69. The summed E-state index contributed by atoms with van der Waals surface area (Å²) in [7, 11) is 0. The van der Waals surface area contributed by atoms with Crippen molar-refractivity contribution in [3.05, 3.63) is 30.1 Å². The van der Waals surface area contributed by atoms with Crippen molar-refractivity contribution < 1.29 is 9.59 Å². The van der Waals surface area contributed by atoms with E-state index in [1.165, 1.54) is 5.56 Å². The molecule has 0 saturated carbocycles. The van der Waals surface area contributed by atoms with Gasteiger partial charge in [-0.25, -0.2) is 4.79 Å². The first-order valence-electron chi connectivity index (χ1n) is 7.83. The van der Waals surface area contributed by atoms with Crippen LogP contribution in [0, 0.1) is 5.92 Å². The number of imide groups is 1. The lowest BCUT2D eigenvalue weighted by atomic mass is 9.80. The predicted octanol–water partition coefficient (Wildman–Crippen LogP) is 0.934. The van der Waals surface area contributed by atoms with Crippen LogP contribution in [-0.2, 0) is 11.2 Å². The maximum absolute atomic E-state index is 12.1. The molecule has 0 aliphatic carbocycles. The Balaban J connectivity index is 1.60. The number of carbonyl (C=O) groups is 2. The molecule has 118 valence electrons. The van der Waals surface area contributed by atoms with Gasteiger partial charge < -0.3 is 10.2 Å². The van der Waals surface area contributed by atoms with E-state index < -0.39 is 5.54 Å². The highest BCUT2D eigenvalue weighted by Gasteiger charge is 2.48. The van der Waals surface area contributed by atoms with Crippen LogP contribution < -0.4 is 10.6 Å². The van der Waals surface area contributed by atoms with Gasteiger partial charge in [-0.15, -0.1) is 0 Å². The van der Waals surface area contributed by atoms with Crippen molar-refractivity contribution in [2.24, 2.45) is 5.92 Å². The number of pyridine rings is 1. The molecule has 2 atom stereocenters. The number of nitrogens with zero attached hydrogens (tertiary/aromatic N) is 2. The largest absolute Gasteiger partial charge is 0.323 e. The summed E-state index contributed by atoms with van der Waals surface area (Å²) in [5.74, 6) is -0.0383. The number of rotatable bonds is 4. The van der Waals surface area contributed by atoms with Gasteiger partial charge in [0.2, 0.25) is 0 Å². The molecule has 3 amide bonds. The summed E-state index contributed by atoms with van der Waals surface area (Å²) in [5.41, 5.74) is 0.502. The van der Waals surface area contributed by atoms with E-state index in [1.807, 2.05) is 31.5 Å². The smallest absolute Gasteiger partial charge is 0.322 e. The van der Waals surface area contributed by atoms with Crippen molar-refractivity contribution in [1.29, 1.82) is 0 Å². The molecule has 2 fully saturated rings. The predicted molar refractivity (Wildman–Crippen MR) is 82.2 cm³/mol. The third-order valence-corrected chi connectivity index (χ3v) is 4.86. The Labute approximate surface area is 130 Å². The number of aromatic nitrogens is 1. The third-order valence-electron chi connectivity index (χ3n) is 4.86. The fourth-order valence-electron chi connectivity index (χ4n) is 3.41. The second kappa shape index (κ2) is 6.04. The van der Waals surface area contributed by atoms with Crippen LogP contribution in [0.15, 0.2) is 24.5 Å². The van der Waals surface area contributed by atoms with Crippen molar-refractivity contribution in [1.82, 2.24) is 20.5 Å². The molecule has 3 rings (SSSR count). The van der Waals surface area contributed by atoms with Gasteiger partial charge in [-0.3, -0.25) is 15.1 Å². The SMILES string of the molecule is C[C@]1([C@H]2CCCN(CCc3ccncc3)C2)NC(=O)NC1=O. The van der Waals surface area contributed by atoms with Gasteiger partial charge in [0.15, 0.2) is 0 Å². The molecule has 1 aromatic rings. The van der Waals surface area contributed by atoms with Crippen LogP contribution in [0.4, 0.5) is 4.79 Å². The molecule has 0 radical (unpaired) electrons. The van der Waals surface area contributed by atoms with Crippen LogP contribution in [0.2, 0.25) is 0 Å². The van der Waals surface area contributed by atoms with Gasteiger partial charge in [-0.1, -0.05) is 0 Å². The monoisotopic (exact) mass is 302 g/mol. The van der Waals surface area contributed by atoms with E-state index in [0.29, 0.717) is 0 Å². The van der Waals surface area contributed by atoms with E-state index in [4.69, 9.17) is 0 Å². The molecule has 2 aliphatic rings. The zero-order valence-corrected chi connectivity index (χ0v) is 12.8. The standard InChI is InChI=1S/C16H22N4O2/c1-16(14(21)18-15(22)19-16)13-3-2-9-20(11-13)10-6-12-4-7-17-8-5-12/h4-5,7-8,13H,2-3,6,9-11H2,1H3,(H2,18,19,21,22)/t13-,16+/m0/s1. The molecular formula is C16H22N4O2. The number of amides is 3. The van der Waals surface area contributed by atoms with Crippen molar-refractivity contribution in [2.75, 3.05) is 19.6 Å². The summed E-state index contributed by atoms with van der Waals surface area (Å²) < 4.78 is 0. The minimum absolute atomic E-state index is 0.158. The lowest BCUT2D eigenvalue weighted by Crippen LogP contribution is -2.55. The number of hydrogen-bond acceptors (Lipinski definition) is 4. The van der Waals surface area contributed by atoms with E-state index in [9.17, 15) is 9.59 Å². The Morgan fingerprint density at radius 2 is 2.14 bits per heavy atom. The summed E-state index contributed by atoms with van der Waals surface area (Å²) in [6.07, 6.45) is 6.63. The molecular weight excluding hydrogens is 280 g/mol. The van der Waals surface area contributed by atoms with Gasteiger partial charge in [0, 0.05) is 31.4 Å². The second-order valence-corrected chi connectivity index (χ2v) is 6.36. The normalized spacial score (nSPS) is 29.2.